The minimum atomic E-state index is -0.860. The van der Waals surface area contributed by atoms with E-state index >= 15 is 0 Å². The number of carbonyl (C=O) groups is 1. The molecule has 1 N–H and O–H groups in total. The maximum Gasteiger partial charge on any atom is 0.313 e. The number of aliphatic carboxylic acids is 1. The summed E-state index contributed by atoms with van der Waals surface area (Å²) >= 11 is 1.15. The van der Waals surface area contributed by atoms with Gasteiger partial charge in [0.25, 0.3) is 0 Å². The predicted octanol–water partition coefficient (Wildman–Crippen LogP) is 1.29. The molecule has 0 saturated carbocycles. The maximum atomic E-state index is 10.4. The lowest BCUT2D eigenvalue weighted by molar-refractivity contribution is -0.133. The molecule has 0 atom stereocenters. The van der Waals surface area contributed by atoms with E-state index in [4.69, 9.17) is 5.11 Å². The second-order valence-corrected chi connectivity index (χ2v) is 4.85. The van der Waals surface area contributed by atoms with Crippen molar-refractivity contribution in [1.82, 2.24) is 20.2 Å². The standard InChI is InChI=1S/C9H16N4O2S/c1-7(2)4-3-5-13-9(10-11-12-13)16-6-8(14)15/h7H,3-6H2,1-2H3,(H,14,15). The lowest BCUT2D eigenvalue weighted by Gasteiger charge is -2.05. The third kappa shape index (κ3) is 4.61. The molecule has 7 heteroatoms. The first-order valence-electron chi connectivity index (χ1n) is 5.20. The van der Waals surface area contributed by atoms with Crippen molar-refractivity contribution in [3.05, 3.63) is 0 Å². The first kappa shape index (κ1) is 13.0. The van der Waals surface area contributed by atoms with Gasteiger partial charge in [0, 0.05) is 6.54 Å². The molecule has 0 aliphatic rings. The van der Waals surface area contributed by atoms with Gasteiger partial charge in [0.05, 0.1) is 5.75 Å². The smallest absolute Gasteiger partial charge is 0.313 e. The zero-order valence-corrected chi connectivity index (χ0v) is 10.3. The highest BCUT2D eigenvalue weighted by Gasteiger charge is 2.08. The van der Waals surface area contributed by atoms with Crippen molar-refractivity contribution in [1.29, 1.82) is 0 Å². The van der Waals surface area contributed by atoms with E-state index in [0.717, 1.165) is 31.1 Å². The summed E-state index contributed by atoms with van der Waals surface area (Å²) in [6.07, 6.45) is 2.12. The molecule has 0 fully saturated rings. The third-order valence-corrected chi connectivity index (χ3v) is 2.92. The number of carboxylic acid groups (broad SMARTS) is 1. The number of aromatic nitrogens is 4. The highest BCUT2D eigenvalue weighted by Crippen LogP contribution is 2.14. The summed E-state index contributed by atoms with van der Waals surface area (Å²) in [4.78, 5) is 10.4. The van der Waals surface area contributed by atoms with E-state index in [0.29, 0.717) is 11.1 Å². The van der Waals surface area contributed by atoms with E-state index in [2.05, 4.69) is 29.4 Å². The second kappa shape index (κ2) is 6.47. The van der Waals surface area contributed by atoms with Crippen LogP contribution in [-0.2, 0) is 11.3 Å². The molecule has 0 radical (unpaired) electrons. The first-order valence-corrected chi connectivity index (χ1v) is 6.19. The fourth-order valence-corrected chi connectivity index (χ4v) is 1.84. The normalized spacial score (nSPS) is 10.9. The van der Waals surface area contributed by atoms with E-state index in [1.54, 1.807) is 4.68 Å². The van der Waals surface area contributed by atoms with Gasteiger partial charge in [-0.25, -0.2) is 4.68 Å². The molecule has 0 bridgehead atoms. The number of rotatable bonds is 7. The lowest BCUT2D eigenvalue weighted by Crippen LogP contribution is -2.05. The van der Waals surface area contributed by atoms with Crippen molar-refractivity contribution in [2.24, 2.45) is 5.92 Å². The number of hydrogen-bond donors (Lipinski definition) is 1. The number of aryl methyl sites for hydroxylation is 1. The quantitative estimate of drug-likeness (QED) is 0.728. The fourth-order valence-electron chi connectivity index (χ4n) is 1.22. The molecule has 0 aromatic carbocycles. The molecule has 1 aromatic rings. The van der Waals surface area contributed by atoms with Crippen LogP contribution in [-0.4, -0.2) is 37.0 Å². The van der Waals surface area contributed by atoms with Gasteiger partial charge in [0.2, 0.25) is 5.16 Å². The van der Waals surface area contributed by atoms with E-state index < -0.39 is 5.97 Å². The van der Waals surface area contributed by atoms with Crippen LogP contribution in [0.15, 0.2) is 5.16 Å². The van der Waals surface area contributed by atoms with Gasteiger partial charge in [-0.3, -0.25) is 4.79 Å². The van der Waals surface area contributed by atoms with Gasteiger partial charge in [-0.05, 0) is 29.2 Å². The minimum Gasteiger partial charge on any atom is -0.481 e. The molecule has 0 aliphatic carbocycles. The van der Waals surface area contributed by atoms with Crippen LogP contribution in [0, 0.1) is 5.92 Å². The van der Waals surface area contributed by atoms with Crippen LogP contribution in [0.3, 0.4) is 0 Å². The Bertz CT molecular complexity index is 340. The van der Waals surface area contributed by atoms with Crippen molar-refractivity contribution >= 4 is 17.7 Å². The van der Waals surface area contributed by atoms with Gasteiger partial charge >= 0.3 is 5.97 Å². The Morgan fingerprint density at radius 3 is 2.94 bits per heavy atom. The molecule has 6 nitrogen and oxygen atoms in total. The monoisotopic (exact) mass is 244 g/mol. The van der Waals surface area contributed by atoms with Gasteiger partial charge in [-0.2, -0.15) is 0 Å². The predicted molar refractivity (Wildman–Crippen MR) is 60.2 cm³/mol. The van der Waals surface area contributed by atoms with Gasteiger partial charge in [0.15, 0.2) is 0 Å². The Hall–Kier alpha value is -1.11. The summed E-state index contributed by atoms with van der Waals surface area (Å²) in [5.74, 6) is -0.210. The van der Waals surface area contributed by atoms with Gasteiger partial charge < -0.3 is 5.11 Å². The van der Waals surface area contributed by atoms with Gasteiger partial charge in [0.1, 0.15) is 0 Å². The number of thioether (sulfide) groups is 1. The zero-order valence-electron chi connectivity index (χ0n) is 9.46. The van der Waals surface area contributed by atoms with Gasteiger partial charge in [-0.15, -0.1) is 5.10 Å². The number of carboxylic acids is 1. The molecule has 0 spiro atoms. The molecule has 0 aliphatic heterocycles. The zero-order chi connectivity index (χ0) is 12.0. The summed E-state index contributed by atoms with van der Waals surface area (Å²) in [6.45, 7) is 5.08. The molecular weight excluding hydrogens is 228 g/mol. The summed E-state index contributed by atoms with van der Waals surface area (Å²) in [5, 5.41) is 20.3. The SMILES string of the molecule is CC(C)CCCn1nnnc1SCC(=O)O. The molecule has 1 aromatic heterocycles. The van der Waals surface area contributed by atoms with Crippen LogP contribution < -0.4 is 0 Å². The van der Waals surface area contributed by atoms with Crippen molar-refractivity contribution in [3.63, 3.8) is 0 Å². The number of tetrazole rings is 1. The average Bonchev–Trinajstić information content (AvgIpc) is 2.62. The van der Waals surface area contributed by atoms with Gasteiger partial charge in [-0.1, -0.05) is 25.6 Å². The molecule has 0 unspecified atom stereocenters. The Labute approximate surface area is 98.4 Å². The van der Waals surface area contributed by atoms with Crippen LogP contribution in [0.2, 0.25) is 0 Å². The van der Waals surface area contributed by atoms with E-state index in [1.807, 2.05) is 0 Å². The molecule has 0 amide bonds. The largest absolute Gasteiger partial charge is 0.481 e. The Kier molecular flexibility index (Phi) is 5.24. The van der Waals surface area contributed by atoms with Crippen LogP contribution in [0.1, 0.15) is 26.7 Å². The third-order valence-electron chi connectivity index (χ3n) is 1.98. The van der Waals surface area contributed by atoms with Crippen LogP contribution in [0.25, 0.3) is 0 Å². The van der Waals surface area contributed by atoms with Crippen molar-refractivity contribution in [2.75, 3.05) is 5.75 Å². The minimum absolute atomic E-state index is 0.00937. The molecule has 1 heterocycles. The summed E-state index contributed by atoms with van der Waals surface area (Å²) in [6, 6.07) is 0. The van der Waals surface area contributed by atoms with Crippen LogP contribution in [0.5, 0.6) is 0 Å². The van der Waals surface area contributed by atoms with Crippen molar-refractivity contribution in [3.8, 4) is 0 Å². The van der Waals surface area contributed by atoms with E-state index in [1.165, 1.54) is 0 Å². The molecule has 0 saturated heterocycles. The highest BCUT2D eigenvalue weighted by atomic mass is 32.2. The van der Waals surface area contributed by atoms with Crippen molar-refractivity contribution < 1.29 is 9.90 Å². The van der Waals surface area contributed by atoms with Crippen LogP contribution in [0.4, 0.5) is 0 Å². The van der Waals surface area contributed by atoms with E-state index in [-0.39, 0.29) is 5.75 Å². The fraction of sp³-hybridized carbons (Fsp3) is 0.778. The van der Waals surface area contributed by atoms with Crippen molar-refractivity contribution in [2.45, 2.75) is 38.4 Å². The first-order chi connectivity index (χ1) is 7.59. The highest BCUT2D eigenvalue weighted by molar-refractivity contribution is 7.99. The Morgan fingerprint density at radius 2 is 2.31 bits per heavy atom. The summed E-state index contributed by atoms with van der Waals surface area (Å²) < 4.78 is 1.66. The maximum absolute atomic E-state index is 10.4. The molecule has 90 valence electrons. The number of hydrogen-bond acceptors (Lipinski definition) is 5. The summed E-state index contributed by atoms with van der Waals surface area (Å²) in [7, 11) is 0. The molecule has 16 heavy (non-hydrogen) atoms. The number of nitrogens with zero attached hydrogens (tertiary/aromatic N) is 4. The second-order valence-electron chi connectivity index (χ2n) is 3.90. The van der Waals surface area contributed by atoms with Crippen LogP contribution >= 0.6 is 11.8 Å². The molecular formula is C9H16N4O2S. The van der Waals surface area contributed by atoms with E-state index in [9.17, 15) is 4.79 Å². The average molecular weight is 244 g/mol. The Morgan fingerprint density at radius 1 is 1.56 bits per heavy atom. The topological polar surface area (TPSA) is 80.9 Å². The lowest BCUT2D eigenvalue weighted by atomic mass is 10.1. The summed E-state index contributed by atoms with van der Waals surface area (Å²) in [5.41, 5.74) is 0. The molecule has 1 rings (SSSR count). The Balaban J connectivity index is 2.40.